The number of nitro groups is 1. The number of hydrogen-bond acceptors (Lipinski definition) is 7. The van der Waals surface area contributed by atoms with Gasteiger partial charge in [0.1, 0.15) is 18.1 Å². The number of carbonyl (C=O) groups excluding carboxylic acids is 1. The van der Waals surface area contributed by atoms with Crippen LogP contribution in [0.4, 0.5) is 5.69 Å². The minimum absolute atomic E-state index is 0.0556. The molecule has 0 heterocycles. The third-order valence-corrected chi connectivity index (χ3v) is 2.79. The average molecular weight is 343 g/mol. The molecule has 0 radical (unpaired) electrons. The maximum Gasteiger partial charge on any atom is 0.269 e. The van der Waals surface area contributed by atoms with E-state index in [0.717, 1.165) is 7.11 Å². The molecule has 0 amide bonds. The minimum Gasteiger partial charge on any atom is -0.507 e. The molecule has 0 aliphatic heterocycles. The number of aliphatic hydroxyl groups excluding tert-OH is 1. The van der Waals surface area contributed by atoms with Crippen LogP contribution in [-0.2, 0) is 0 Å². The highest BCUT2D eigenvalue weighted by molar-refractivity contribution is 5.96. The second kappa shape index (κ2) is 11.0. The van der Waals surface area contributed by atoms with Crippen molar-refractivity contribution in [1.29, 1.82) is 10.7 Å². The van der Waals surface area contributed by atoms with Crippen LogP contribution >= 0.6 is 0 Å². The van der Waals surface area contributed by atoms with Crippen LogP contribution in [0.25, 0.3) is 0 Å². The zero-order valence-corrected chi connectivity index (χ0v) is 13.6. The van der Waals surface area contributed by atoms with Crippen LogP contribution in [0.15, 0.2) is 42.5 Å². The second-order valence-electron chi connectivity index (χ2n) is 4.44. The fraction of sp³-hybridized carbons (Fsp3) is 0.118. The number of rotatable bonds is 3. The molecule has 0 spiro atoms. The minimum atomic E-state index is -0.455. The van der Waals surface area contributed by atoms with Crippen molar-refractivity contribution in [3.63, 3.8) is 0 Å². The fourth-order valence-electron chi connectivity index (χ4n) is 1.55. The maximum atomic E-state index is 10.2. The van der Waals surface area contributed by atoms with Crippen LogP contribution < -0.4 is 0 Å². The van der Waals surface area contributed by atoms with Crippen LogP contribution in [0.2, 0.25) is 0 Å². The molecule has 0 fully saturated rings. The van der Waals surface area contributed by atoms with Crippen molar-refractivity contribution in [1.82, 2.24) is 0 Å². The zero-order valence-electron chi connectivity index (χ0n) is 13.6. The van der Waals surface area contributed by atoms with Gasteiger partial charge in [-0.3, -0.25) is 14.9 Å². The number of nitriles is 1. The predicted molar refractivity (Wildman–Crippen MR) is 92.0 cm³/mol. The largest absolute Gasteiger partial charge is 0.507 e. The Bertz CT molecular complexity index is 747. The fourth-order valence-corrected chi connectivity index (χ4v) is 1.55. The number of phenols is 1. The van der Waals surface area contributed by atoms with Gasteiger partial charge >= 0.3 is 0 Å². The first-order valence-corrected chi connectivity index (χ1v) is 6.82. The summed E-state index contributed by atoms with van der Waals surface area (Å²) in [5, 5.41) is 41.9. The number of nitro benzene ring substituents is 1. The van der Waals surface area contributed by atoms with E-state index in [1.807, 2.05) is 0 Å². The Kier molecular flexibility index (Phi) is 9.46. The first-order chi connectivity index (χ1) is 11.9. The van der Waals surface area contributed by atoms with Crippen LogP contribution in [0, 0.1) is 26.9 Å². The molecule has 0 aliphatic rings. The SMILES string of the molecule is CC(=N)c1ccc([N+](=O)[O-])cc1.CO.N#Cc1ccc(C=O)cc1O. The number of hydrogen-bond donors (Lipinski definition) is 3. The number of nitrogens with zero attached hydrogens (tertiary/aromatic N) is 2. The molecule has 0 unspecified atom stereocenters. The summed E-state index contributed by atoms with van der Waals surface area (Å²) in [4.78, 5) is 19.9. The van der Waals surface area contributed by atoms with Crippen LogP contribution in [0.5, 0.6) is 5.75 Å². The van der Waals surface area contributed by atoms with E-state index in [1.165, 1.54) is 30.3 Å². The van der Waals surface area contributed by atoms with E-state index < -0.39 is 4.92 Å². The molecule has 0 aromatic heterocycles. The Morgan fingerprint density at radius 2 is 1.80 bits per heavy atom. The van der Waals surface area contributed by atoms with E-state index in [4.69, 9.17) is 20.9 Å². The number of phenolic OH excluding ortho intramolecular Hbond substituents is 1. The summed E-state index contributed by atoms with van der Waals surface area (Å²) < 4.78 is 0. The summed E-state index contributed by atoms with van der Waals surface area (Å²) in [6.45, 7) is 1.64. The van der Waals surface area contributed by atoms with E-state index in [2.05, 4.69) is 0 Å². The molecule has 8 nitrogen and oxygen atoms in total. The van der Waals surface area contributed by atoms with Gasteiger partial charge in [0.05, 0.1) is 10.5 Å². The molecule has 2 aromatic carbocycles. The van der Waals surface area contributed by atoms with Crippen molar-refractivity contribution < 1.29 is 19.9 Å². The molecular weight excluding hydrogens is 326 g/mol. The van der Waals surface area contributed by atoms with Gasteiger partial charge < -0.3 is 15.6 Å². The van der Waals surface area contributed by atoms with Crippen molar-refractivity contribution in [2.45, 2.75) is 6.92 Å². The lowest BCUT2D eigenvalue weighted by Gasteiger charge is -1.95. The van der Waals surface area contributed by atoms with Gasteiger partial charge in [0.2, 0.25) is 0 Å². The molecule has 130 valence electrons. The van der Waals surface area contributed by atoms with Crippen LogP contribution in [0.3, 0.4) is 0 Å². The lowest BCUT2D eigenvalue weighted by atomic mass is 10.1. The molecule has 0 saturated heterocycles. The first kappa shape index (κ1) is 21.4. The van der Waals surface area contributed by atoms with Gasteiger partial charge in [0.15, 0.2) is 0 Å². The Morgan fingerprint density at radius 3 is 2.16 bits per heavy atom. The van der Waals surface area contributed by atoms with Crippen molar-refractivity contribution >= 4 is 17.7 Å². The molecule has 25 heavy (non-hydrogen) atoms. The topological polar surface area (TPSA) is 148 Å². The van der Waals surface area contributed by atoms with Crippen LogP contribution in [-0.4, -0.2) is 34.2 Å². The van der Waals surface area contributed by atoms with E-state index in [0.29, 0.717) is 23.1 Å². The van der Waals surface area contributed by atoms with Gasteiger partial charge in [-0.05, 0) is 36.8 Å². The van der Waals surface area contributed by atoms with Gasteiger partial charge in [-0.15, -0.1) is 0 Å². The van der Waals surface area contributed by atoms with Gasteiger partial charge in [0, 0.05) is 30.5 Å². The summed E-state index contributed by atoms with van der Waals surface area (Å²) in [6.07, 6.45) is 0.612. The third kappa shape index (κ3) is 7.02. The lowest BCUT2D eigenvalue weighted by molar-refractivity contribution is -0.384. The lowest BCUT2D eigenvalue weighted by Crippen LogP contribution is -1.92. The van der Waals surface area contributed by atoms with Crippen molar-refractivity contribution in [2.75, 3.05) is 7.11 Å². The highest BCUT2D eigenvalue weighted by atomic mass is 16.6. The summed E-state index contributed by atoms with van der Waals surface area (Å²) in [6, 6.07) is 11.8. The Morgan fingerprint density at radius 1 is 1.24 bits per heavy atom. The molecule has 2 rings (SSSR count). The standard InChI is InChI=1S/C8H8N2O2.C8H5NO2.CH4O/c1-6(9)7-2-4-8(5-3-7)10(11)12;9-4-7-2-1-6(5-10)3-8(7)11;1-2/h2-5,9H,1H3;1-3,5,11H;2H,1H3. The van der Waals surface area contributed by atoms with Crippen molar-refractivity contribution in [3.8, 4) is 11.8 Å². The average Bonchev–Trinajstić information content (AvgIpc) is 2.63. The third-order valence-electron chi connectivity index (χ3n) is 2.79. The highest BCUT2D eigenvalue weighted by Crippen LogP contribution is 2.16. The van der Waals surface area contributed by atoms with E-state index in [9.17, 15) is 14.9 Å². The monoisotopic (exact) mass is 343 g/mol. The maximum absolute atomic E-state index is 10.2. The molecule has 0 bridgehead atoms. The van der Waals surface area contributed by atoms with Gasteiger partial charge in [0.25, 0.3) is 5.69 Å². The predicted octanol–water partition coefficient (Wildman–Crippen LogP) is 2.67. The summed E-state index contributed by atoms with van der Waals surface area (Å²) in [5.41, 5.74) is 1.71. The van der Waals surface area contributed by atoms with Gasteiger partial charge in [-0.25, -0.2) is 0 Å². The summed E-state index contributed by atoms with van der Waals surface area (Å²) in [7, 11) is 1.00. The van der Waals surface area contributed by atoms with E-state index >= 15 is 0 Å². The van der Waals surface area contributed by atoms with Gasteiger partial charge in [-0.2, -0.15) is 5.26 Å². The molecule has 0 saturated carbocycles. The van der Waals surface area contributed by atoms with Crippen LogP contribution in [0.1, 0.15) is 28.4 Å². The zero-order chi connectivity index (χ0) is 19.4. The summed E-state index contributed by atoms with van der Waals surface area (Å²) in [5.74, 6) is -0.155. The Balaban J connectivity index is 0.000000421. The quantitative estimate of drug-likeness (QED) is 0.337. The number of aldehydes is 1. The number of benzene rings is 2. The smallest absolute Gasteiger partial charge is 0.269 e. The molecule has 2 aromatic rings. The molecular formula is C17H17N3O5. The number of nitrogens with one attached hydrogen (secondary N) is 1. The van der Waals surface area contributed by atoms with Crippen molar-refractivity contribution in [3.05, 3.63) is 69.3 Å². The van der Waals surface area contributed by atoms with E-state index in [-0.39, 0.29) is 17.0 Å². The van der Waals surface area contributed by atoms with Gasteiger partial charge in [-0.1, -0.05) is 6.07 Å². The van der Waals surface area contributed by atoms with Crippen molar-refractivity contribution in [2.24, 2.45) is 0 Å². The second-order valence-corrected chi connectivity index (χ2v) is 4.44. The normalized spacial score (nSPS) is 8.56. The molecule has 8 heteroatoms. The number of non-ortho nitro benzene ring substituents is 1. The number of aromatic hydroxyl groups is 1. The Labute approximate surface area is 144 Å². The Hall–Kier alpha value is -3.57. The summed E-state index contributed by atoms with van der Waals surface area (Å²) >= 11 is 0. The number of carbonyl (C=O) groups is 1. The van der Waals surface area contributed by atoms with E-state index in [1.54, 1.807) is 25.1 Å². The molecule has 3 N–H and O–H groups in total. The number of aliphatic hydroxyl groups is 1. The molecule has 0 atom stereocenters. The molecule has 0 aliphatic carbocycles. The highest BCUT2D eigenvalue weighted by Gasteiger charge is 2.03. The first-order valence-electron chi connectivity index (χ1n) is 6.82.